The van der Waals surface area contributed by atoms with Gasteiger partial charge in [-0.25, -0.2) is 0 Å². The normalized spacial score (nSPS) is 13.3. The quantitative estimate of drug-likeness (QED) is 0.625. The second-order valence-electron chi connectivity index (χ2n) is 2.76. The zero-order valence-electron chi connectivity index (χ0n) is 8.32. The summed E-state index contributed by atoms with van der Waals surface area (Å²) in [5.41, 5.74) is -0.583. The topological polar surface area (TPSA) is 0 Å². The maximum absolute atomic E-state index is 12.0. The van der Waals surface area contributed by atoms with Crippen LogP contribution in [0.15, 0.2) is 12.1 Å². The largest absolute Gasteiger partial charge is 1.00 e. The van der Waals surface area contributed by atoms with Gasteiger partial charge in [-0.1, -0.05) is 13.8 Å². The Kier molecular flexibility index (Phi) is 10.2. The maximum Gasteiger partial charge on any atom is 1.00 e. The van der Waals surface area contributed by atoms with Crippen LogP contribution in [0.5, 0.6) is 0 Å². The monoisotopic (exact) mass is 236 g/mol. The first-order valence-electron chi connectivity index (χ1n) is 3.87. The molecule has 0 fully saturated rings. The van der Waals surface area contributed by atoms with Crippen LogP contribution in [0.3, 0.4) is 0 Å². The van der Waals surface area contributed by atoms with Crippen LogP contribution in [0.2, 0.25) is 0 Å². The van der Waals surface area contributed by atoms with Gasteiger partial charge in [0, 0.05) is 5.25 Å². The van der Waals surface area contributed by atoms with Gasteiger partial charge in [0.2, 0.25) is 0 Å². The van der Waals surface area contributed by atoms with E-state index in [9.17, 15) is 12.9 Å². The van der Waals surface area contributed by atoms with Crippen molar-refractivity contribution >= 4 is 18.7 Å². The molecule has 0 N–H and O–H groups in total. The fourth-order valence-corrected chi connectivity index (χ4v) is 1.38. The molecule has 0 bridgehead atoms. The standard InChI is InChI=1S/C7H13BF3S.K/c1-4-7(3)12-5-6(2)8(9,10)11;/h7H,2,4-5H2,1,3H3;/q-1;+1. The Morgan fingerprint density at radius 1 is 1.46 bits per heavy atom. The van der Waals surface area contributed by atoms with Crippen LogP contribution < -0.4 is 51.4 Å². The Morgan fingerprint density at radius 3 is 2.23 bits per heavy atom. The Balaban J connectivity index is 0. The number of thioether (sulfide) groups is 1. The van der Waals surface area contributed by atoms with Gasteiger partial charge in [-0.05, 0) is 12.2 Å². The summed E-state index contributed by atoms with van der Waals surface area (Å²) < 4.78 is 35.9. The first kappa shape index (κ1) is 17.0. The van der Waals surface area contributed by atoms with E-state index in [1.165, 1.54) is 11.8 Å². The van der Waals surface area contributed by atoms with E-state index in [1.54, 1.807) is 0 Å². The van der Waals surface area contributed by atoms with E-state index in [4.69, 9.17) is 0 Å². The maximum atomic E-state index is 12.0. The minimum atomic E-state index is -4.82. The molecule has 0 heterocycles. The third-order valence-electron chi connectivity index (χ3n) is 1.59. The molecule has 1 atom stereocenters. The summed E-state index contributed by atoms with van der Waals surface area (Å²) in [6.45, 7) is 2.07. The summed E-state index contributed by atoms with van der Waals surface area (Å²) in [4.78, 5) is 0. The van der Waals surface area contributed by atoms with Gasteiger partial charge in [0.05, 0.1) is 0 Å². The molecule has 1 unspecified atom stereocenters. The minimum absolute atomic E-state index is 0. The van der Waals surface area contributed by atoms with Crippen molar-refractivity contribution in [2.75, 3.05) is 5.75 Å². The minimum Gasteiger partial charge on any atom is -0.445 e. The van der Waals surface area contributed by atoms with Crippen LogP contribution in [0.25, 0.3) is 0 Å². The van der Waals surface area contributed by atoms with E-state index in [0.717, 1.165) is 6.42 Å². The van der Waals surface area contributed by atoms with Crippen molar-refractivity contribution < 1.29 is 64.3 Å². The molecule has 0 aromatic heterocycles. The second kappa shape index (κ2) is 7.82. The summed E-state index contributed by atoms with van der Waals surface area (Å²) in [6, 6.07) is 0. The zero-order chi connectivity index (χ0) is 9.78. The van der Waals surface area contributed by atoms with Crippen molar-refractivity contribution in [2.45, 2.75) is 25.5 Å². The van der Waals surface area contributed by atoms with Crippen molar-refractivity contribution in [3.05, 3.63) is 12.1 Å². The summed E-state index contributed by atoms with van der Waals surface area (Å²) in [7, 11) is 0. The van der Waals surface area contributed by atoms with Crippen molar-refractivity contribution in [3.63, 3.8) is 0 Å². The van der Waals surface area contributed by atoms with E-state index < -0.39 is 12.4 Å². The second-order valence-corrected chi connectivity index (χ2v) is 4.19. The molecule has 0 aliphatic carbocycles. The Bertz CT molecular complexity index is 160. The Hall–Kier alpha value is 1.58. The summed E-state index contributed by atoms with van der Waals surface area (Å²) >= 11 is 1.31. The molecule has 0 saturated carbocycles. The van der Waals surface area contributed by atoms with Gasteiger partial charge in [0.1, 0.15) is 0 Å². The molecule has 0 nitrogen and oxygen atoms in total. The smallest absolute Gasteiger partial charge is 0.445 e. The fourth-order valence-electron chi connectivity index (χ4n) is 0.462. The van der Waals surface area contributed by atoms with Crippen LogP contribution in [-0.2, 0) is 0 Å². The molecule has 0 amide bonds. The van der Waals surface area contributed by atoms with Crippen molar-refractivity contribution in [3.8, 4) is 0 Å². The molecule has 0 aromatic rings. The average molecular weight is 236 g/mol. The average Bonchev–Trinajstić information content (AvgIpc) is 1.97. The third kappa shape index (κ3) is 8.57. The van der Waals surface area contributed by atoms with E-state index in [-0.39, 0.29) is 62.4 Å². The van der Waals surface area contributed by atoms with E-state index in [1.807, 2.05) is 13.8 Å². The third-order valence-corrected chi connectivity index (χ3v) is 3.03. The van der Waals surface area contributed by atoms with Crippen molar-refractivity contribution in [1.29, 1.82) is 0 Å². The molecule has 0 radical (unpaired) electrons. The summed E-state index contributed by atoms with van der Waals surface area (Å²) in [5.74, 6) is 0.0124. The predicted octanol–water partition coefficient (Wildman–Crippen LogP) is 0.465. The fraction of sp³-hybridized carbons (Fsp3) is 0.714. The molecule has 0 aliphatic rings. The van der Waals surface area contributed by atoms with E-state index >= 15 is 0 Å². The molecule has 13 heavy (non-hydrogen) atoms. The van der Waals surface area contributed by atoms with Gasteiger partial charge in [0.15, 0.2) is 0 Å². The van der Waals surface area contributed by atoms with Gasteiger partial charge >= 0.3 is 58.4 Å². The van der Waals surface area contributed by atoms with Crippen LogP contribution in [0, 0.1) is 0 Å². The van der Waals surface area contributed by atoms with Crippen LogP contribution in [-0.4, -0.2) is 18.0 Å². The SMILES string of the molecule is C=C(CSC(C)CC)[B-](F)(F)F.[K+]. The summed E-state index contributed by atoms with van der Waals surface area (Å²) in [5, 5.41) is 0.278. The number of hydrogen-bond acceptors (Lipinski definition) is 1. The Morgan fingerprint density at radius 2 is 1.92 bits per heavy atom. The first-order chi connectivity index (χ1) is 5.38. The summed E-state index contributed by atoms with van der Waals surface area (Å²) in [6.07, 6.45) is 0.892. The Labute approximate surface area is 125 Å². The molecular weight excluding hydrogens is 223 g/mol. The van der Waals surface area contributed by atoms with E-state index in [0.29, 0.717) is 0 Å². The molecule has 72 valence electrons. The molecule has 0 rings (SSSR count). The predicted molar refractivity (Wildman–Crippen MR) is 50.4 cm³/mol. The van der Waals surface area contributed by atoms with Crippen LogP contribution in [0.4, 0.5) is 12.9 Å². The van der Waals surface area contributed by atoms with Gasteiger partial charge in [0.25, 0.3) is 0 Å². The van der Waals surface area contributed by atoms with Gasteiger partial charge in [-0.3, -0.25) is 0 Å². The van der Waals surface area contributed by atoms with Crippen LogP contribution >= 0.6 is 11.8 Å². The molecule has 0 spiro atoms. The molecular formula is C7H13BF3KS. The van der Waals surface area contributed by atoms with E-state index in [2.05, 4.69) is 6.58 Å². The van der Waals surface area contributed by atoms with Crippen molar-refractivity contribution in [1.82, 2.24) is 0 Å². The van der Waals surface area contributed by atoms with Crippen LogP contribution in [0.1, 0.15) is 20.3 Å². The zero-order valence-corrected chi connectivity index (χ0v) is 12.3. The first-order valence-corrected chi connectivity index (χ1v) is 4.92. The molecule has 0 aliphatic heterocycles. The number of halogens is 3. The molecule has 6 heteroatoms. The number of rotatable bonds is 5. The molecule has 0 aromatic carbocycles. The van der Waals surface area contributed by atoms with Crippen molar-refractivity contribution in [2.24, 2.45) is 0 Å². The van der Waals surface area contributed by atoms with Gasteiger partial charge in [-0.2, -0.15) is 11.8 Å². The van der Waals surface area contributed by atoms with Gasteiger partial charge in [-0.15, -0.1) is 12.1 Å². The molecule has 0 saturated heterocycles. The number of hydrogen-bond donors (Lipinski definition) is 0. The van der Waals surface area contributed by atoms with Gasteiger partial charge < -0.3 is 12.9 Å².